The van der Waals surface area contributed by atoms with Crippen LogP contribution >= 0.6 is 43.2 Å². The Morgan fingerprint density at radius 1 is 1.31 bits per heavy atom. The smallest absolute Gasteiger partial charge is 0.0758 e. The molecule has 92 valence electrons. The van der Waals surface area contributed by atoms with Crippen molar-refractivity contribution in [2.45, 2.75) is 39.7 Å². The van der Waals surface area contributed by atoms with Crippen molar-refractivity contribution in [1.82, 2.24) is 5.32 Å². The average Bonchev–Trinajstić information content (AvgIpc) is 2.52. The van der Waals surface area contributed by atoms with Gasteiger partial charge in [0, 0.05) is 6.04 Å². The highest BCUT2D eigenvalue weighted by atomic mass is 79.9. The molecule has 0 aliphatic carbocycles. The zero-order chi connectivity index (χ0) is 12.1. The van der Waals surface area contributed by atoms with Crippen LogP contribution in [0.15, 0.2) is 13.6 Å². The van der Waals surface area contributed by atoms with Gasteiger partial charge >= 0.3 is 0 Å². The van der Waals surface area contributed by atoms with Crippen molar-refractivity contribution in [3.8, 4) is 0 Å². The topological polar surface area (TPSA) is 12.0 Å². The van der Waals surface area contributed by atoms with E-state index in [2.05, 4.69) is 64.0 Å². The number of halogens is 2. The van der Waals surface area contributed by atoms with E-state index in [9.17, 15) is 0 Å². The van der Waals surface area contributed by atoms with Gasteiger partial charge in [-0.15, -0.1) is 11.3 Å². The first-order valence-electron chi connectivity index (χ1n) is 5.72. The van der Waals surface area contributed by atoms with Gasteiger partial charge in [-0.25, -0.2) is 0 Å². The minimum Gasteiger partial charge on any atom is -0.310 e. The van der Waals surface area contributed by atoms with Crippen molar-refractivity contribution in [3.05, 3.63) is 19.2 Å². The van der Waals surface area contributed by atoms with E-state index in [4.69, 9.17) is 0 Å². The van der Waals surface area contributed by atoms with Crippen LogP contribution in [0.4, 0.5) is 0 Å². The van der Waals surface area contributed by atoms with Crippen molar-refractivity contribution >= 4 is 43.2 Å². The lowest BCUT2D eigenvalue weighted by Crippen LogP contribution is -2.21. The molecule has 0 aliphatic rings. The average molecular weight is 369 g/mol. The summed E-state index contributed by atoms with van der Waals surface area (Å²) < 4.78 is 2.44. The van der Waals surface area contributed by atoms with E-state index in [1.807, 2.05) is 0 Å². The molecule has 0 aromatic carbocycles. The number of hydrogen-bond donors (Lipinski definition) is 1. The van der Waals surface area contributed by atoms with Crippen LogP contribution in [-0.4, -0.2) is 6.54 Å². The lowest BCUT2D eigenvalue weighted by atomic mass is 9.99. The largest absolute Gasteiger partial charge is 0.310 e. The van der Waals surface area contributed by atoms with Gasteiger partial charge in [0.15, 0.2) is 0 Å². The predicted octanol–water partition coefficient (Wildman–Crippen LogP) is 5.36. The van der Waals surface area contributed by atoms with Crippen molar-refractivity contribution in [1.29, 1.82) is 0 Å². The van der Waals surface area contributed by atoms with Crippen molar-refractivity contribution in [2.75, 3.05) is 6.54 Å². The SMILES string of the molecule is CCNC(CCC(C)C)c1cc(Br)sc1Br. The van der Waals surface area contributed by atoms with Crippen LogP contribution in [0.2, 0.25) is 0 Å². The molecule has 1 aromatic heterocycles. The van der Waals surface area contributed by atoms with Crippen LogP contribution in [-0.2, 0) is 0 Å². The second-order valence-electron chi connectivity index (χ2n) is 4.36. The number of nitrogens with one attached hydrogen (secondary N) is 1. The number of thiophene rings is 1. The Morgan fingerprint density at radius 3 is 2.44 bits per heavy atom. The van der Waals surface area contributed by atoms with Crippen LogP contribution in [0, 0.1) is 5.92 Å². The van der Waals surface area contributed by atoms with E-state index in [0.717, 1.165) is 12.5 Å². The van der Waals surface area contributed by atoms with E-state index in [0.29, 0.717) is 6.04 Å². The Kier molecular flexibility index (Phi) is 6.55. The molecule has 1 atom stereocenters. The Labute approximate surface area is 119 Å². The summed E-state index contributed by atoms with van der Waals surface area (Å²) in [6, 6.07) is 2.70. The summed E-state index contributed by atoms with van der Waals surface area (Å²) in [7, 11) is 0. The molecular weight excluding hydrogens is 350 g/mol. The second-order valence-corrected chi connectivity index (χ2v) is 8.11. The minimum absolute atomic E-state index is 0.476. The molecule has 0 amide bonds. The summed E-state index contributed by atoms with van der Waals surface area (Å²) in [4.78, 5) is 0. The molecule has 1 unspecified atom stereocenters. The number of hydrogen-bond acceptors (Lipinski definition) is 2. The standard InChI is InChI=1S/C12H19Br2NS/c1-4-15-10(6-5-8(2)3)9-7-11(13)16-12(9)14/h7-8,10,15H,4-6H2,1-3H3. The van der Waals surface area contributed by atoms with E-state index in [1.54, 1.807) is 11.3 Å². The van der Waals surface area contributed by atoms with Crippen LogP contribution in [0.5, 0.6) is 0 Å². The highest BCUT2D eigenvalue weighted by molar-refractivity contribution is 9.12. The molecule has 1 aromatic rings. The van der Waals surface area contributed by atoms with Crippen molar-refractivity contribution in [2.24, 2.45) is 5.92 Å². The van der Waals surface area contributed by atoms with E-state index in [1.165, 1.54) is 26.0 Å². The number of rotatable bonds is 6. The summed E-state index contributed by atoms with van der Waals surface area (Å²) in [5, 5.41) is 3.56. The van der Waals surface area contributed by atoms with Crippen LogP contribution in [0.25, 0.3) is 0 Å². The second kappa shape index (κ2) is 7.14. The first kappa shape index (κ1) is 14.7. The maximum Gasteiger partial charge on any atom is 0.0758 e. The summed E-state index contributed by atoms with van der Waals surface area (Å²) in [6.07, 6.45) is 2.46. The fourth-order valence-electron chi connectivity index (χ4n) is 1.70. The lowest BCUT2D eigenvalue weighted by molar-refractivity contribution is 0.448. The Bertz CT molecular complexity index is 323. The van der Waals surface area contributed by atoms with Gasteiger partial charge in [-0.1, -0.05) is 20.8 Å². The third kappa shape index (κ3) is 4.47. The Hall–Kier alpha value is 0.620. The molecule has 1 heterocycles. The molecule has 4 heteroatoms. The third-order valence-electron chi connectivity index (χ3n) is 2.54. The Balaban J connectivity index is 2.72. The molecule has 16 heavy (non-hydrogen) atoms. The van der Waals surface area contributed by atoms with Gasteiger partial charge in [-0.2, -0.15) is 0 Å². The maximum absolute atomic E-state index is 3.64. The zero-order valence-corrected chi connectivity index (χ0v) is 14.0. The molecule has 1 rings (SSSR count). The molecule has 1 N–H and O–H groups in total. The molecular formula is C12H19Br2NS. The highest BCUT2D eigenvalue weighted by Crippen LogP contribution is 2.37. The fourth-order valence-corrected chi connectivity index (χ4v) is 4.68. The van der Waals surface area contributed by atoms with Crippen molar-refractivity contribution < 1.29 is 0 Å². The zero-order valence-electron chi connectivity index (χ0n) is 10.0. The fraction of sp³-hybridized carbons (Fsp3) is 0.667. The molecule has 0 radical (unpaired) electrons. The van der Waals surface area contributed by atoms with Crippen LogP contribution < -0.4 is 5.32 Å². The van der Waals surface area contributed by atoms with Crippen LogP contribution in [0.1, 0.15) is 45.2 Å². The van der Waals surface area contributed by atoms with E-state index in [-0.39, 0.29) is 0 Å². The molecule has 0 aliphatic heterocycles. The van der Waals surface area contributed by atoms with Gasteiger partial charge in [0.05, 0.1) is 7.57 Å². The summed E-state index contributed by atoms with van der Waals surface area (Å²) in [5.41, 5.74) is 1.39. The third-order valence-corrected chi connectivity index (χ3v) is 4.93. The first-order valence-corrected chi connectivity index (χ1v) is 8.13. The molecule has 1 nitrogen and oxygen atoms in total. The van der Waals surface area contributed by atoms with E-state index >= 15 is 0 Å². The molecule has 0 bridgehead atoms. The van der Waals surface area contributed by atoms with Crippen molar-refractivity contribution in [3.63, 3.8) is 0 Å². The van der Waals surface area contributed by atoms with Crippen LogP contribution in [0.3, 0.4) is 0 Å². The Morgan fingerprint density at radius 2 is 2.00 bits per heavy atom. The van der Waals surface area contributed by atoms with Gasteiger partial charge in [0.2, 0.25) is 0 Å². The minimum atomic E-state index is 0.476. The summed E-state index contributed by atoms with van der Waals surface area (Å²) in [5.74, 6) is 0.766. The van der Waals surface area contributed by atoms with Gasteiger partial charge in [0.1, 0.15) is 0 Å². The highest BCUT2D eigenvalue weighted by Gasteiger charge is 2.16. The van der Waals surface area contributed by atoms with Gasteiger partial charge in [0.25, 0.3) is 0 Å². The molecule has 0 saturated heterocycles. The molecule has 0 saturated carbocycles. The predicted molar refractivity (Wildman–Crippen MR) is 80.2 cm³/mol. The monoisotopic (exact) mass is 367 g/mol. The summed E-state index contributed by atoms with van der Waals surface area (Å²) >= 11 is 8.94. The van der Waals surface area contributed by atoms with Gasteiger partial charge < -0.3 is 5.32 Å². The van der Waals surface area contributed by atoms with Gasteiger partial charge in [-0.05, 0) is 68.8 Å². The quantitative estimate of drug-likeness (QED) is 0.712. The first-order chi connectivity index (χ1) is 7.54. The molecule has 0 fully saturated rings. The van der Waals surface area contributed by atoms with E-state index < -0.39 is 0 Å². The lowest BCUT2D eigenvalue weighted by Gasteiger charge is -2.18. The normalized spacial score (nSPS) is 13.4. The molecule has 0 spiro atoms. The summed E-state index contributed by atoms with van der Waals surface area (Å²) in [6.45, 7) is 7.74. The van der Waals surface area contributed by atoms with Gasteiger partial charge in [-0.3, -0.25) is 0 Å². The maximum atomic E-state index is 3.64.